The van der Waals surface area contributed by atoms with Gasteiger partial charge in [0.15, 0.2) is 0 Å². The summed E-state index contributed by atoms with van der Waals surface area (Å²) in [6, 6.07) is -0.684. The average Bonchev–Trinajstić information content (AvgIpc) is 2.73. The van der Waals surface area contributed by atoms with Crippen molar-refractivity contribution in [3.63, 3.8) is 0 Å². The molecule has 2 amide bonds. The summed E-state index contributed by atoms with van der Waals surface area (Å²) in [7, 11) is 0. The number of carboxylic acid groups (broad SMARTS) is 1. The van der Waals surface area contributed by atoms with Crippen LogP contribution in [0, 0.1) is 5.41 Å². The summed E-state index contributed by atoms with van der Waals surface area (Å²) >= 11 is 0. The van der Waals surface area contributed by atoms with Gasteiger partial charge in [-0.15, -0.1) is 0 Å². The van der Waals surface area contributed by atoms with Crippen molar-refractivity contribution in [3.8, 4) is 0 Å². The Kier molecular flexibility index (Phi) is 4.09. The van der Waals surface area contributed by atoms with Crippen LogP contribution in [-0.4, -0.2) is 42.4 Å². The molecule has 1 aliphatic carbocycles. The lowest BCUT2D eigenvalue weighted by atomic mass is 9.85. The predicted molar refractivity (Wildman–Crippen MR) is 68.8 cm³/mol. The molecule has 2 aliphatic rings. The van der Waals surface area contributed by atoms with Crippen LogP contribution in [-0.2, 0) is 9.53 Å². The molecule has 0 spiro atoms. The maximum Gasteiger partial charge on any atom is 0.315 e. The quantitative estimate of drug-likeness (QED) is 0.663. The Morgan fingerprint density at radius 3 is 2.79 bits per heavy atom. The second kappa shape index (κ2) is 5.61. The van der Waals surface area contributed by atoms with Crippen LogP contribution in [0.1, 0.15) is 26.2 Å². The van der Waals surface area contributed by atoms with Gasteiger partial charge in [0, 0.05) is 6.04 Å². The number of carbonyl (C=O) groups excluding carboxylic acids is 1. The van der Waals surface area contributed by atoms with Gasteiger partial charge in [-0.05, 0) is 26.2 Å². The van der Waals surface area contributed by atoms with E-state index in [0.717, 1.165) is 19.3 Å². The molecule has 1 aliphatic heterocycles. The zero-order chi connectivity index (χ0) is 13.9. The first-order valence-corrected chi connectivity index (χ1v) is 6.55. The number of amides is 2. The number of allylic oxidation sites excluding steroid dienone is 1. The molecule has 3 atom stereocenters. The summed E-state index contributed by atoms with van der Waals surface area (Å²) in [6.45, 7) is 1.96. The lowest BCUT2D eigenvalue weighted by Gasteiger charge is -2.27. The maximum atomic E-state index is 11.9. The number of nitrogens with one attached hydrogen (secondary N) is 2. The van der Waals surface area contributed by atoms with Crippen molar-refractivity contribution < 1.29 is 19.4 Å². The fourth-order valence-electron chi connectivity index (χ4n) is 2.40. The Morgan fingerprint density at radius 2 is 2.16 bits per heavy atom. The van der Waals surface area contributed by atoms with Crippen molar-refractivity contribution in [3.05, 3.63) is 12.2 Å². The molecule has 0 bridgehead atoms. The molecule has 106 valence electrons. The number of carboxylic acids is 1. The monoisotopic (exact) mass is 268 g/mol. The van der Waals surface area contributed by atoms with E-state index in [9.17, 15) is 14.7 Å². The minimum Gasteiger partial charge on any atom is -0.481 e. The average molecular weight is 268 g/mol. The third-order valence-electron chi connectivity index (χ3n) is 3.85. The van der Waals surface area contributed by atoms with Crippen molar-refractivity contribution in [2.24, 2.45) is 5.41 Å². The number of carbonyl (C=O) groups is 2. The lowest BCUT2D eigenvalue weighted by Crippen LogP contribution is -2.54. The SMILES string of the molecule is CC1(C(=O)O)COCC1NC(=O)NC1CC=CCC1. The fourth-order valence-corrected chi connectivity index (χ4v) is 2.40. The molecule has 1 saturated heterocycles. The van der Waals surface area contributed by atoms with E-state index in [1.807, 2.05) is 0 Å². The van der Waals surface area contributed by atoms with Gasteiger partial charge < -0.3 is 20.5 Å². The summed E-state index contributed by atoms with van der Waals surface area (Å²) in [6.07, 6.45) is 6.85. The van der Waals surface area contributed by atoms with E-state index in [0.29, 0.717) is 0 Å². The molecule has 19 heavy (non-hydrogen) atoms. The molecule has 2 rings (SSSR count). The topological polar surface area (TPSA) is 87.7 Å². The molecular formula is C13H20N2O4. The Morgan fingerprint density at radius 1 is 1.37 bits per heavy atom. The number of ether oxygens (including phenoxy) is 1. The summed E-state index contributed by atoms with van der Waals surface area (Å²) in [5.74, 6) is -0.948. The normalized spacial score (nSPS) is 33.9. The van der Waals surface area contributed by atoms with Gasteiger partial charge in [0.25, 0.3) is 0 Å². The summed E-state index contributed by atoms with van der Waals surface area (Å²) in [5, 5.41) is 14.8. The van der Waals surface area contributed by atoms with Gasteiger partial charge in [-0.1, -0.05) is 12.2 Å². The molecule has 0 aromatic heterocycles. The highest BCUT2D eigenvalue weighted by molar-refractivity contribution is 5.79. The van der Waals surface area contributed by atoms with Crippen LogP contribution in [0.3, 0.4) is 0 Å². The van der Waals surface area contributed by atoms with Gasteiger partial charge in [-0.2, -0.15) is 0 Å². The van der Waals surface area contributed by atoms with Gasteiger partial charge in [0.1, 0.15) is 5.41 Å². The number of rotatable bonds is 3. The number of urea groups is 1. The van der Waals surface area contributed by atoms with Crippen LogP contribution in [0.5, 0.6) is 0 Å². The van der Waals surface area contributed by atoms with Gasteiger partial charge in [-0.3, -0.25) is 4.79 Å². The third-order valence-corrected chi connectivity index (χ3v) is 3.85. The van der Waals surface area contributed by atoms with Crippen LogP contribution in [0.25, 0.3) is 0 Å². The Hall–Kier alpha value is -1.56. The second-order valence-corrected chi connectivity index (χ2v) is 5.39. The van der Waals surface area contributed by atoms with Gasteiger partial charge in [0.05, 0.1) is 19.3 Å². The molecular weight excluding hydrogens is 248 g/mol. The van der Waals surface area contributed by atoms with Crippen LogP contribution in [0.4, 0.5) is 4.79 Å². The molecule has 0 radical (unpaired) electrons. The highest BCUT2D eigenvalue weighted by atomic mass is 16.5. The van der Waals surface area contributed by atoms with E-state index < -0.39 is 17.4 Å². The van der Waals surface area contributed by atoms with Gasteiger partial charge in [0.2, 0.25) is 0 Å². The van der Waals surface area contributed by atoms with Gasteiger partial charge in [-0.25, -0.2) is 4.79 Å². The molecule has 0 aromatic carbocycles. The predicted octanol–water partition coefficient (Wildman–Crippen LogP) is 0.884. The molecule has 6 nitrogen and oxygen atoms in total. The van der Waals surface area contributed by atoms with Crippen molar-refractivity contribution in [2.45, 2.75) is 38.3 Å². The second-order valence-electron chi connectivity index (χ2n) is 5.39. The van der Waals surface area contributed by atoms with E-state index in [-0.39, 0.29) is 25.3 Å². The Balaban J connectivity index is 1.88. The smallest absolute Gasteiger partial charge is 0.315 e. The third kappa shape index (κ3) is 3.07. The number of aliphatic carboxylic acids is 1. The van der Waals surface area contributed by atoms with E-state index in [4.69, 9.17) is 4.74 Å². The van der Waals surface area contributed by atoms with Crippen LogP contribution in [0.2, 0.25) is 0 Å². The molecule has 3 N–H and O–H groups in total. The minimum absolute atomic E-state index is 0.124. The molecule has 0 saturated carbocycles. The number of hydrogen-bond donors (Lipinski definition) is 3. The van der Waals surface area contributed by atoms with Crippen molar-refractivity contribution >= 4 is 12.0 Å². The summed E-state index contributed by atoms with van der Waals surface area (Å²) in [5.41, 5.74) is -1.05. The molecule has 3 unspecified atom stereocenters. The first-order chi connectivity index (χ1) is 9.02. The lowest BCUT2D eigenvalue weighted by molar-refractivity contribution is -0.148. The molecule has 0 aromatic rings. The van der Waals surface area contributed by atoms with Crippen molar-refractivity contribution in [1.29, 1.82) is 0 Å². The standard InChI is InChI=1S/C13H20N2O4/c1-13(11(16)17)8-19-7-10(13)15-12(18)14-9-5-3-2-4-6-9/h2-3,9-10H,4-8H2,1H3,(H,16,17)(H2,14,15,18). The summed E-state index contributed by atoms with van der Waals surface area (Å²) in [4.78, 5) is 23.1. The maximum absolute atomic E-state index is 11.9. The highest BCUT2D eigenvalue weighted by Gasteiger charge is 2.47. The fraction of sp³-hybridized carbons (Fsp3) is 0.692. The largest absolute Gasteiger partial charge is 0.481 e. The van der Waals surface area contributed by atoms with Gasteiger partial charge >= 0.3 is 12.0 Å². The van der Waals surface area contributed by atoms with Crippen LogP contribution >= 0.6 is 0 Å². The molecule has 6 heteroatoms. The molecule has 1 fully saturated rings. The van der Waals surface area contributed by atoms with E-state index in [1.54, 1.807) is 6.92 Å². The van der Waals surface area contributed by atoms with E-state index >= 15 is 0 Å². The zero-order valence-electron chi connectivity index (χ0n) is 11.0. The van der Waals surface area contributed by atoms with E-state index in [2.05, 4.69) is 22.8 Å². The summed E-state index contributed by atoms with van der Waals surface area (Å²) < 4.78 is 5.19. The minimum atomic E-state index is -1.05. The van der Waals surface area contributed by atoms with Crippen molar-refractivity contribution in [1.82, 2.24) is 10.6 Å². The van der Waals surface area contributed by atoms with Crippen LogP contribution in [0.15, 0.2) is 12.2 Å². The molecule has 1 heterocycles. The van der Waals surface area contributed by atoms with Crippen LogP contribution < -0.4 is 10.6 Å². The number of hydrogen-bond acceptors (Lipinski definition) is 3. The zero-order valence-corrected chi connectivity index (χ0v) is 11.0. The highest BCUT2D eigenvalue weighted by Crippen LogP contribution is 2.28. The first kappa shape index (κ1) is 13.9. The van der Waals surface area contributed by atoms with Crippen molar-refractivity contribution in [2.75, 3.05) is 13.2 Å². The Labute approximate surface area is 112 Å². The first-order valence-electron chi connectivity index (χ1n) is 6.55. The van der Waals surface area contributed by atoms with E-state index in [1.165, 1.54) is 0 Å². The Bertz CT molecular complexity index is 396.